The summed E-state index contributed by atoms with van der Waals surface area (Å²) in [6.45, 7) is 4.46. The molecular weight excluding hydrogens is 319 g/mol. The van der Waals surface area contributed by atoms with Crippen molar-refractivity contribution in [3.8, 4) is 11.1 Å². The van der Waals surface area contributed by atoms with Gasteiger partial charge in [-0.3, -0.25) is 0 Å². The van der Waals surface area contributed by atoms with Gasteiger partial charge >= 0.3 is 7.12 Å². The summed E-state index contributed by atoms with van der Waals surface area (Å²) in [5, 5.41) is 24.3. The van der Waals surface area contributed by atoms with E-state index in [1.165, 1.54) is 38.2 Å². The van der Waals surface area contributed by atoms with Crippen molar-refractivity contribution in [2.75, 3.05) is 0 Å². The summed E-state index contributed by atoms with van der Waals surface area (Å²) in [6.07, 6.45) is 0. The molecule has 0 radical (unpaired) electrons. The fourth-order valence-corrected chi connectivity index (χ4v) is 4.66. The van der Waals surface area contributed by atoms with Gasteiger partial charge in [-0.05, 0) is 49.3 Å². The van der Waals surface area contributed by atoms with Crippen LogP contribution in [0.15, 0.2) is 66.7 Å². The lowest BCUT2D eigenvalue weighted by Gasteiger charge is -2.24. The fraction of sp³-hybridized carbons (Fsp3) is 0.130. The normalized spacial score (nSPS) is 14.5. The maximum atomic E-state index is 9.64. The lowest BCUT2D eigenvalue weighted by atomic mass is 9.75. The molecule has 0 fully saturated rings. The van der Waals surface area contributed by atoms with Gasteiger partial charge in [0, 0.05) is 5.41 Å². The molecular formula is C23H19BO2. The zero-order chi connectivity index (χ0) is 18.1. The monoisotopic (exact) mass is 338 g/mol. The minimum Gasteiger partial charge on any atom is -0.423 e. The van der Waals surface area contributed by atoms with Crippen LogP contribution in [0.2, 0.25) is 0 Å². The van der Waals surface area contributed by atoms with Crippen molar-refractivity contribution < 1.29 is 10.0 Å². The van der Waals surface area contributed by atoms with Gasteiger partial charge in [0.2, 0.25) is 0 Å². The molecule has 0 aliphatic heterocycles. The van der Waals surface area contributed by atoms with E-state index < -0.39 is 7.12 Å². The molecule has 0 unspecified atom stereocenters. The van der Waals surface area contributed by atoms with Gasteiger partial charge in [-0.2, -0.15) is 0 Å². The first-order valence-electron chi connectivity index (χ1n) is 8.95. The molecule has 0 saturated heterocycles. The molecule has 0 bridgehead atoms. The Morgan fingerprint density at radius 3 is 1.96 bits per heavy atom. The van der Waals surface area contributed by atoms with Gasteiger partial charge < -0.3 is 10.0 Å². The summed E-state index contributed by atoms with van der Waals surface area (Å²) < 4.78 is 0. The lowest BCUT2D eigenvalue weighted by Crippen LogP contribution is -2.31. The molecule has 4 aromatic rings. The minimum absolute atomic E-state index is 0.209. The largest absolute Gasteiger partial charge is 0.488 e. The first kappa shape index (κ1) is 15.6. The minimum atomic E-state index is -1.45. The highest BCUT2D eigenvalue weighted by molar-refractivity contribution is 6.58. The third kappa shape index (κ3) is 1.90. The van der Waals surface area contributed by atoms with Crippen molar-refractivity contribution in [3.05, 3.63) is 77.9 Å². The highest BCUT2D eigenvalue weighted by atomic mass is 16.4. The molecule has 4 aromatic carbocycles. The van der Waals surface area contributed by atoms with Crippen molar-refractivity contribution in [3.63, 3.8) is 0 Å². The average Bonchev–Trinajstić information content (AvgIpc) is 2.89. The summed E-state index contributed by atoms with van der Waals surface area (Å²) in [5.41, 5.74) is 5.28. The Hall–Kier alpha value is -2.62. The Bertz CT molecular complexity index is 1190. The van der Waals surface area contributed by atoms with Crippen molar-refractivity contribution in [1.82, 2.24) is 0 Å². The van der Waals surface area contributed by atoms with Crippen LogP contribution in [0.4, 0.5) is 0 Å². The Labute approximate surface area is 152 Å². The molecule has 0 atom stereocenters. The molecule has 3 heteroatoms. The lowest BCUT2D eigenvalue weighted by molar-refractivity contribution is 0.425. The maximum Gasteiger partial charge on any atom is 0.488 e. The molecule has 0 spiro atoms. The van der Waals surface area contributed by atoms with Crippen LogP contribution >= 0.6 is 0 Å². The van der Waals surface area contributed by atoms with Crippen molar-refractivity contribution in [2.45, 2.75) is 19.3 Å². The zero-order valence-electron chi connectivity index (χ0n) is 14.8. The Morgan fingerprint density at radius 1 is 0.731 bits per heavy atom. The van der Waals surface area contributed by atoms with E-state index in [1.54, 1.807) is 0 Å². The topological polar surface area (TPSA) is 40.5 Å². The third-order valence-electron chi connectivity index (χ3n) is 5.84. The number of fused-ring (bicyclic) bond motifs is 8. The SMILES string of the molecule is CC1(C)c2cc(B(O)O)ccc2-c2c1c1ccccc1c1ccccc21. The fourth-order valence-electron chi connectivity index (χ4n) is 4.66. The van der Waals surface area contributed by atoms with Gasteiger partial charge in [0.25, 0.3) is 0 Å². The predicted molar refractivity (Wildman–Crippen MR) is 109 cm³/mol. The van der Waals surface area contributed by atoms with Gasteiger partial charge in [-0.25, -0.2) is 0 Å². The average molecular weight is 338 g/mol. The van der Waals surface area contributed by atoms with Crippen LogP contribution in [0.1, 0.15) is 25.0 Å². The molecule has 1 aliphatic rings. The highest BCUT2D eigenvalue weighted by Crippen LogP contribution is 2.54. The standard InChI is InChI=1S/C23H19BO2/c1-23(2)20-13-14(24(25)26)11-12-19(20)21-17-9-5-3-7-15(17)16-8-4-6-10-18(16)22(21)23/h3-13,25-26H,1-2H3. The van der Waals surface area contributed by atoms with Gasteiger partial charge in [-0.15, -0.1) is 0 Å². The predicted octanol–water partition coefficient (Wildman–Crippen LogP) is 3.98. The molecule has 1 aliphatic carbocycles. The Balaban J connectivity index is 2.01. The zero-order valence-corrected chi connectivity index (χ0v) is 14.8. The van der Waals surface area contributed by atoms with E-state index in [1.807, 2.05) is 18.2 Å². The van der Waals surface area contributed by atoms with Gasteiger partial charge in [0.1, 0.15) is 0 Å². The highest BCUT2D eigenvalue weighted by Gasteiger charge is 2.38. The molecule has 5 rings (SSSR count). The second-order valence-corrected chi connectivity index (χ2v) is 7.64. The number of hydrogen-bond donors (Lipinski definition) is 2. The summed E-state index contributed by atoms with van der Waals surface area (Å²) in [5.74, 6) is 0. The van der Waals surface area contributed by atoms with Crippen LogP contribution in [0.5, 0.6) is 0 Å². The third-order valence-corrected chi connectivity index (χ3v) is 5.84. The van der Waals surface area contributed by atoms with E-state index in [4.69, 9.17) is 0 Å². The smallest absolute Gasteiger partial charge is 0.423 e. The molecule has 2 N–H and O–H groups in total. The van der Waals surface area contributed by atoms with Gasteiger partial charge in [0.15, 0.2) is 0 Å². The van der Waals surface area contributed by atoms with E-state index in [9.17, 15) is 10.0 Å². The summed E-state index contributed by atoms with van der Waals surface area (Å²) in [4.78, 5) is 0. The maximum absolute atomic E-state index is 9.64. The van der Waals surface area contributed by atoms with E-state index in [2.05, 4.69) is 62.4 Å². The molecule has 0 aromatic heterocycles. The Kier molecular flexibility index (Phi) is 3.12. The van der Waals surface area contributed by atoms with Crippen LogP contribution in [0, 0.1) is 0 Å². The van der Waals surface area contributed by atoms with Crippen molar-refractivity contribution in [2.24, 2.45) is 0 Å². The van der Waals surface area contributed by atoms with Crippen molar-refractivity contribution in [1.29, 1.82) is 0 Å². The Morgan fingerprint density at radius 2 is 1.31 bits per heavy atom. The summed E-state index contributed by atoms with van der Waals surface area (Å²) in [6, 6.07) is 23.0. The molecule has 126 valence electrons. The summed E-state index contributed by atoms with van der Waals surface area (Å²) in [7, 11) is -1.45. The summed E-state index contributed by atoms with van der Waals surface area (Å²) >= 11 is 0. The van der Waals surface area contributed by atoms with Crippen LogP contribution < -0.4 is 5.46 Å². The first-order chi connectivity index (χ1) is 12.5. The van der Waals surface area contributed by atoms with E-state index in [-0.39, 0.29) is 5.41 Å². The molecule has 26 heavy (non-hydrogen) atoms. The quantitative estimate of drug-likeness (QED) is 0.407. The molecule has 0 amide bonds. The van der Waals surface area contributed by atoms with Crippen LogP contribution in [0.3, 0.4) is 0 Å². The number of benzene rings is 4. The molecule has 2 nitrogen and oxygen atoms in total. The first-order valence-corrected chi connectivity index (χ1v) is 8.95. The second kappa shape index (κ2) is 5.20. The van der Waals surface area contributed by atoms with E-state index in [0.717, 1.165) is 5.56 Å². The van der Waals surface area contributed by atoms with Gasteiger partial charge in [-0.1, -0.05) is 80.6 Å². The van der Waals surface area contributed by atoms with Crippen molar-refractivity contribution >= 4 is 34.1 Å². The molecule has 0 heterocycles. The van der Waals surface area contributed by atoms with E-state index in [0.29, 0.717) is 5.46 Å². The van der Waals surface area contributed by atoms with Crippen LogP contribution in [-0.4, -0.2) is 17.2 Å². The van der Waals surface area contributed by atoms with Gasteiger partial charge in [0.05, 0.1) is 0 Å². The van der Waals surface area contributed by atoms with Crippen LogP contribution in [0.25, 0.3) is 32.7 Å². The number of rotatable bonds is 1. The van der Waals surface area contributed by atoms with E-state index >= 15 is 0 Å². The van der Waals surface area contributed by atoms with Crippen LogP contribution in [-0.2, 0) is 5.41 Å². The molecule has 0 saturated carbocycles. The number of hydrogen-bond acceptors (Lipinski definition) is 2. The second-order valence-electron chi connectivity index (χ2n) is 7.64.